The summed E-state index contributed by atoms with van der Waals surface area (Å²) < 4.78 is 1.54. The van der Waals surface area contributed by atoms with E-state index in [1.807, 2.05) is 44.2 Å². The fourth-order valence-corrected chi connectivity index (χ4v) is 2.08. The van der Waals surface area contributed by atoms with Crippen LogP contribution in [0.3, 0.4) is 0 Å². The zero-order valence-corrected chi connectivity index (χ0v) is 11.8. The van der Waals surface area contributed by atoms with E-state index < -0.39 is 0 Å². The van der Waals surface area contributed by atoms with Gasteiger partial charge in [-0.05, 0) is 5.56 Å². The summed E-state index contributed by atoms with van der Waals surface area (Å²) in [7, 11) is 1.71. The Hall–Kier alpha value is -2.37. The minimum absolute atomic E-state index is 0.00822. The average Bonchev–Trinajstić information content (AvgIpc) is 2.75. The second-order valence-corrected chi connectivity index (χ2v) is 4.96. The maximum atomic E-state index is 11.3. The topological polar surface area (TPSA) is 73.0 Å². The van der Waals surface area contributed by atoms with E-state index in [2.05, 4.69) is 10.4 Å². The van der Waals surface area contributed by atoms with Crippen LogP contribution in [0, 0.1) is 10.1 Å². The first-order chi connectivity index (χ1) is 9.50. The molecule has 0 unspecified atom stereocenters. The molecule has 6 heteroatoms. The largest absolute Gasteiger partial charge is 0.360 e. The first-order valence-corrected chi connectivity index (χ1v) is 6.49. The Morgan fingerprint density at radius 1 is 1.35 bits per heavy atom. The summed E-state index contributed by atoms with van der Waals surface area (Å²) in [5, 5.41) is 18.7. The van der Waals surface area contributed by atoms with Crippen molar-refractivity contribution in [2.45, 2.75) is 26.3 Å². The monoisotopic (exact) mass is 274 g/mol. The molecule has 0 saturated carbocycles. The molecule has 1 heterocycles. The molecule has 0 aliphatic heterocycles. The van der Waals surface area contributed by atoms with Crippen molar-refractivity contribution in [2.24, 2.45) is 7.05 Å². The van der Waals surface area contributed by atoms with Gasteiger partial charge in [0.15, 0.2) is 0 Å². The summed E-state index contributed by atoms with van der Waals surface area (Å²) in [6.45, 7) is 4.32. The van der Waals surface area contributed by atoms with Gasteiger partial charge in [-0.15, -0.1) is 0 Å². The van der Waals surface area contributed by atoms with E-state index >= 15 is 0 Å². The zero-order chi connectivity index (χ0) is 14.7. The van der Waals surface area contributed by atoms with Crippen molar-refractivity contribution in [3.05, 3.63) is 51.7 Å². The van der Waals surface area contributed by atoms with Crippen LogP contribution >= 0.6 is 0 Å². The van der Waals surface area contributed by atoms with E-state index in [-0.39, 0.29) is 16.5 Å². The standard InChI is InChI=1S/C14H18N4O2/c1-10(2)12-13(18(19)20)14(17(3)16-12)15-9-11-7-5-4-6-8-11/h4-8,10,15H,9H2,1-3H3. The minimum Gasteiger partial charge on any atom is -0.360 e. The smallest absolute Gasteiger partial charge is 0.334 e. The Bertz CT molecular complexity index is 605. The highest BCUT2D eigenvalue weighted by Gasteiger charge is 2.28. The predicted molar refractivity (Wildman–Crippen MR) is 77.7 cm³/mol. The Kier molecular flexibility index (Phi) is 4.02. The molecular weight excluding hydrogens is 256 g/mol. The van der Waals surface area contributed by atoms with Gasteiger partial charge in [0.25, 0.3) is 0 Å². The minimum atomic E-state index is -0.365. The normalized spacial score (nSPS) is 10.8. The highest BCUT2D eigenvalue weighted by molar-refractivity contribution is 5.60. The summed E-state index contributed by atoms with van der Waals surface area (Å²) in [5.41, 5.74) is 1.64. The molecule has 0 saturated heterocycles. The molecule has 1 aromatic heterocycles. The number of aryl methyl sites for hydroxylation is 1. The van der Waals surface area contributed by atoms with Gasteiger partial charge in [-0.2, -0.15) is 5.10 Å². The Balaban J connectivity index is 2.29. The maximum absolute atomic E-state index is 11.3. The fraction of sp³-hybridized carbons (Fsp3) is 0.357. The van der Waals surface area contributed by atoms with E-state index in [4.69, 9.17) is 0 Å². The molecule has 20 heavy (non-hydrogen) atoms. The van der Waals surface area contributed by atoms with Gasteiger partial charge < -0.3 is 5.32 Å². The lowest BCUT2D eigenvalue weighted by molar-refractivity contribution is -0.384. The lowest BCUT2D eigenvalue weighted by Crippen LogP contribution is -2.06. The number of nitrogens with zero attached hydrogens (tertiary/aromatic N) is 3. The van der Waals surface area contributed by atoms with E-state index in [1.165, 1.54) is 4.68 Å². The summed E-state index contributed by atoms with van der Waals surface area (Å²) in [6.07, 6.45) is 0. The van der Waals surface area contributed by atoms with Crippen molar-refractivity contribution < 1.29 is 4.92 Å². The van der Waals surface area contributed by atoms with E-state index in [0.29, 0.717) is 18.1 Å². The first kappa shape index (κ1) is 14.0. The summed E-state index contributed by atoms with van der Waals surface area (Å²) in [6, 6.07) is 9.76. The molecule has 6 nitrogen and oxygen atoms in total. The first-order valence-electron chi connectivity index (χ1n) is 6.49. The Morgan fingerprint density at radius 2 is 2.00 bits per heavy atom. The number of benzene rings is 1. The second-order valence-electron chi connectivity index (χ2n) is 4.96. The van der Waals surface area contributed by atoms with E-state index in [1.54, 1.807) is 7.05 Å². The van der Waals surface area contributed by atoms with Gasteiger partial charge in [0.2, 0.25) is 5.82 Å². The molecule has 0 radical (unpaired) electrons. The molecular formula is C14H18N4O2. The summed E-state index contributed by atoms with van der Waals surface area (Å²) >= 11 is 0. The second kappa shape index (κ2) is 5.73. The maximum Gasteiger partial charge on any atom is 0.334 e. The van der Waals surface area contributed by atoms with Crippen LogP contribution in [0.5, 0.6) is 0 Å². The van der Waals surface area contributed by atoms with Crippen molar-refractivity contribution in [3.63, 3.8) is 0 Å². The Morgan fingerprint density at radius 3 is 2.55 bits per heavy atom. The van der Waals surface area contributed by atoms with Crippen molar-refractivity contribution in [3.8, 4) is 0 Å². The molecule has 2 aromatic rings. The average molecular weight is 274 g/mol. The molecule has 0 spiro atoms. The van der Waals surface area contributed by atoms with Gasteiger partial charge in [-0.25, -0.2) is 4.68 Å². The third-order valence-electron chi connectivity index (χ3n) is 3.08. The third kappa shape index (κ3) is 2.79. The van der Waals surface area contributed by atoms with Gasteiger partial charge in [-0.1, -0.05) is 44.2 Å². The highest BCUT2D eigenvalue weighted by atomic mass is 16.6. The lowest BCUT2D eigenvalue weighted by atomic mass is 10.1. The van der Waals surface area contributed by atoms with Gasteiger partial charge >= 0.3 is 5.69 Å². The van der Waals surface area contributed by atoms with Gasteiger partial charge in [0, 0.05) is 19.5 Å². The van der Waals surface area contributed by atoms with Crippen molar-refractivity contribution in [2.75, 3.05) is 5.32 Å². The van der Waals surface area contributed by atoms with Crippen LogP contribution in [0.4, 0.5) is 11.5 Å². The third-order valence-corrected chi connectivity index (χ3v) is 3.08. The molecule has 2 rings (SSSR count). The molecule has 0 bridgehead atoms. The van der Waals surface area contributed by atoms with Crippen LogP contribution in [0.15, 0.2) is 30.3 Å². The van der Waals surface area contributed by atoms with Crippen LogP contribution in [0.2, 0.25) is 0 Å². The van der Waals surface area contributed by atoms with E-state index in [0.717, 1.165) is 5.56 Å². The van der Waals surface area contributed by atoms with Crippen LogP contribution in [0.25, 0.3) is 0 Å². The van der Waals surface area contributed by atoms with Gasteiger partial charge in [0.05, 0.1) is 4.92 Å². The number of nitro groups is 1. The van der Waals surface area contributed by atoms with Gasteiger partial charge in [0.1, 0.15) is 5.69 Å². The predicted octanol–water partition coefficient (Wildman–Crippen LogP) is 3.06. The van der Waals surface area contributed by atoms with E-state index in [9.17, 15) is 10.1 Å². The van der Waals surface area contributed by atoms with Crippen LogP contribution < -0.4 is 5.32 Å². The number of hydrogen-bond acceptors (Lipinski definition) is 4. The van der Waals surface area contributed by atoms with Crippen LogP contribution in [0.1, 0.15) is 31.0 Å². The Labute approximate surface area is 117 Å². The van der Waals surface area contributed by atoms with Crippen LogP contribution in [-0.2, 0) is 13.6 Å². The highest BCUT2D eigenvalue weighted by Crippen LogP contribution is 2.32. The molecule has 0 atom stereocenters. The number of aromatic nitrogens is 2. The molecule has 0 fully saturated rings. The summed E-state index contributed by atoms with van der Waals surface area (Å²) in [4.78, 5) is 10.9. The zero-order valence-electron chi connectivity index (χ0n) is 11.8. The number of anilines is 1. The summed E-state index contributed by atoms with van der Waals surface area (Å²) in [5.74, 6) is 0.455. The van der Waals surface area contributed by atoms with Gasteiger partial charge in [-0.3, -0.25) is 10.1 Å². The molecule has 0 aliphatic rings. The molecule has 106 valence electrons. The quantitative estimate of drug-likeness (QED) is 0.671. The molecule has 1 N–H and O–H groups in total. The molecule has 1 aromatic carbocycles. The molecule has 0 aliphatic carbocycles. The van der Waals surface area contributed by atoms with Crippen molar-refractivity contribution >= 4 is 11.5 Å². The lowest BCUT2D eigenvalue weighted by Gasteiger charge is -2.06. The SMILES string of the molecule is CC(C)c1nn(C)c(NCc2ccccc2)c1[N+](=O)[O-]. The number of rotatable bonds is 5. The molecule has 0 amide bonds. The van der Waals surface area contributed by atoms with Crippen molar-refractivity contribution in [1.82, 2.24) is 9.78 Å². The number of hydrogen-bond donors (Lipinski definition) is 1. The number of nitrogens with one attached hydrogen (secondary N) is 1. The fourth-order valence-electron chi connectivity index (χ4n) is 2.08. The van der Waals surface area contributed by atoms with Crippen LogP contribution in [-0.4, -0.2) is 14.7 Å². The van der Waals surface area contributed by atoms with Crippen molar-refractivity contribution in [1.29, 1.82) is 0 Å².